The zero-order chi connectivity index (χ0) is 25.2. The van der Waals surface area contributed by atoms with Crippen LogP contribution < -0.4 is 15.1 Å². The van der Waals surface area contributed by atoms with E-state index >= 15 is 0 Å². The number of carbonyl (C=O) groups is 1. The van der Waals surface area contributed by atoms with Crippen LogP contribution in [0, 0.1) is 23.2 Å². The number of hydrogen-bond acceptors (Lipinski definition) is 6. The van der Waals surface area contributed by atoms with Crippen LogP contribution in [0.25, 0.3) is 16.6 Å². The predicted molar refractivity (Wildman–Crippen MR) is 146 cm³/mol. The minimum Gasteiger partial charge on any atom is -0.369 e. The molecule has 8 heteroatoms. The number of amides is 1. The third-order valence-electron chi connectivity index (χ3n) is 8.36. The maximum atomic E-state index is 13.1. The Morgan fingerprint density at radius 3 is 2.32 bits per heavy atom. The van der Waals surface area contributed by atoms with Gasteiger partial charge in [0.1, 0.15) is 0 Å². The quantitative estimate of drug-likeness (QED) is 0.595. The van der Waals surface area contributed by atoms with E-state index in [1.807, 2.05) is 15.6 Å². The number of anilines is 2. The molecule has 0 atom stereocenters. The Bertz CT molecular complexity index is 1270. The summed E-state index contributed by atoms with van der Waals surface area (Å²) in [6.45, 7) is 7.28. The number of rotatable bonds is 4. The van der Waals surface area contributed by atoms with E-state index in [9.17, 15) is 4.79 Å². The summed E-state index contributed by atoms with van der Waals surface area (Å²) in [5.41, 5.74) is 5.89. The van der Waals surface area contributed by atoms with Crippen molar-refractivity contribution in [1.29, 1.82) is 5.26 Å². The highest BCUT2D eigenvalue weighted by Crippen LogP contribution is 2.32. The molecule has 3 aliphatic rings. The summed E-state index contributed by atoms with van der Waals surface area (Å²) in [4.78, 5) is 19.9. The summed E-state index contributed by atoms with van der Waals surface area (Å²) in [5, 5.41) is 17.1. The highest BCUT2D eigenvalue weighted by Gasteiger charge is 2.31. The maximum Gasteiger partial charge on any atom is 0.225 e. The van der Waals surface area contributed by atoms with Crippen LogP contribution in [0.2, 0.25) is 0 Å². The molecule has 192 valence electrons. The van der Waals surface area contributed by atoms with Crippen LogP contribution in [0.1, 0.15) is 25.7 Å². The zero-order valence-corrected chi connectivity index (χ0v) is 21.4. The Morgan fingerprint density at radius 2 is 1.62 bits per heavy atom. The first-order valence-electron chi connectivity index (χ1n) is 13.7. The van der Waals surface area contributed by atoms with Crippen LogP contribution in [-0.2, 0) is 4.79 Å². The molecule has 1 N–H and O–H groups in total. The molecule has 2 aliphatic heterocycles. The van der Waals surface area contributed by atoms with Crippen molar-refractivity contribution in [2.75, 3.05) is 62.2 Å². The number of nitriles is 1. The number of nitrogens with zero attached hydrogens (tertiary/aromatic N) is 6. The van der Waals surface area contributed by atoms with Gasteiger partial charge in [0, 0.05) is 87.8 Å². The number of hydrogen-bond donors (Lipinski definition) is 1. The first kappa shape index (κ1) is 23.8. The molecule has 0 spiro atoms. The fourth-order valence-corrected chi connectivity index (χ4v) is 6.11. The molecule has 1 amide bonds. The van der Waals surface area contributed by atoms with Gasteiger partial charge in [0.15, 0.2) is 0 Å². The largest absolute Gasteiger partial charge is 0.369 e. The van der Waals surface area contributed by atoms with E-state index in [1.54, 1.807) is 0 Å². The summed E-state index contributed by atoms with van der Waals surface area (Å²) in [6, 6.07) is 15.5. The number of piperazine rings is 2. The SMILES string of the molecule is N#C[C@H]1CC[C@H](C(=O)N2CCN(c3ccnn4cc(-c5ccc(N6CCNCC6)cc5)cc34)CC2)CC1. The molecule has 1 saturated carbocycles. The predicted octanol–water partition coefficient (Wildman–Crippen LogP) is 3.39. The Balaban J connectivity index is 1.13. The first-order chi connectivity index (χ1) is 18.2. The summed E-state index contributed by atoms with van der Waals surface area (Å²) >= 11 is 0. The number of carbonyl (C=O) groups excluding carboxylic acids is 1. The molecular formula is C29H35N7O. The second kappa shape index (κ2) is 10.4. The van der Waals surface area contributed by atoms with E-state index in [2.05, 4.69) is 68.9 Å². The molecule has 0 bridgehead atoms. The van der Waals surface area contributed by atoms with Gasteiger partial charge in [-0.25, -0.2) is 4.52 Å². The van der Waals surface area contributed by atoms with Gasteiger partial charge in [0.25, 0.3) is 0 Å². The van der Waals surface area contributed by atoms with Crippen LogP contribution in [0.5, 0.6) is 0 Å². The summed E-state index contributed by atoms with van der Waals surface area (Å²) in [5.74, 6) is 0.507. The molecule has 3 fully saturated rings. The van der Waals surface area contributed by atoms with E-state index in [0.717, 1.165) is 89.1 Å². The van der Waals surface area contributed by atoms with Gasteiger partial charge < -0.3 is 20.0 Å². The van der Waals surface area contributed by atoms with Gasteiger partial charge >= 0.3 is 0 Å². The van der Waals surface area contributed by atoms with Gasteiger partial charge in [-0.1, -0.05) is 12.1 Å². The summed E-state index contributed by atoms with van der Waals surface area (Å²) < 4.78 is 1.97. The maximum absolute atomic E-state index is 13.1. The summed E-state index contributed by atoms with van der Waals surface area (Å²) in [6.07, 6.45) is 7.39. The number of nitrogens with one attached hydrogen (secondary N) is 1. The molecular weight excluding hydrogens is 462 g/mol. The fourth-order valence-electron chi connectivity index (χ4n) is 6.11. The highest BCUT2D eigenvalue weighted by atomic mass is 16.2. The Hall–Kier alpha value is -3.57. The Labute approximate surface area is 218 Å². The molecule has 2 aromatic heterocycles. The number of aromatic nitrogens is 2. The van der Waals surface area contributed by atoms with Gasteiger partial charge in [0.2, 0.25) is 5.91 Å². The Morgan fingerprint density at radius 1 is 0.892 bits per heavy atom. The highest BCUT2D eigenvalue weighted by molar-refractivity contribution is 5.81. The molecule has 1 aliphatic carbocycles. The lowest BCUT2D eigenvalue weighted by molar-refractivity contribution is -0.137. The second-order valence-electron chi connectivity index (χ2n) is 10.5. The van der Waals surface area contributed by atoms with Crippen LogP contribution in [0.4, 0.5) is 11.4 Å². The van der Waals surface area contributed by atoms with E-state index in [1.165, 1.54) is 16.9 Å². The van der Waals surface area contributed by atoms with Crippen LogP contribution in [0.15, 0.2) is 48.8 Å². The molecule has 37 heavy (non-hydrogen) atoms. The second-order valence-corrected chi connectivity index (χ2v) is 10.5. The third-order valence-corrected chi connectivity index (χ3v) is 8.36. The first-order valence-corrected chi connectivity index (χ1v) is 13.7. The Kier molecular flexibility index (Phi) is 6.71. The fraction of sp³-hybridized carbons (Fsp3) is 0.483. The van der Waals surface area contributed by atoms with Crippen molar-refractivity contribution in [3.05, 3.63) is 48.8 Å². The summed E-state index contributed by atoms with van der Waals surface area (Å²) in [7, 11) is 0. The van der Waals surface area contributed by atoms with Gasteiger partial charge in [-0.3, -0.25) is 4.79 Å². The van der Waals surface area contributed by atoms with Gasteiger partial charge in [-0.05, 0) is 55.5 Å². The third kappa shape index (κ3) is 4.88. The van der Waals surface area contributed by atoms with Crippen molar-refractivity contribution in [3.63, 3.8) is 0 Å². The smallest absolute Gasteiger partial charge is 0.225 e. The standard InChI is InChI=1S/C29H35N7O/c30-20-22-1-3-24(4-2-22)29(37)35-17-15-34(16-18-35)27-9-10-32-36-21-25(19-28(27)36)23-5-7-26(8-6-23)33-13-11-31-12-14-33/h5-10,19,21-22,24,31H,1-4,11-18H2/t22-,24-. The lowest BCUT2D eigenvalue weighted by Gasteiger charge is -2.38. The molecule has 1 aromatic carbocycles. The van der Waals surface area contributed by atoms with E-state index in [4.69, 9.17) is 5.26 Å². The average molecular weight is 498 g/mol. The van der Waals surface area contributed by atoms with E-state index in [0.29, 0.717) is 0 Å². The molecule has 0 radical (unpaired) electrons. The van der Waals surface area contributed by atoms with Crippen molar-refractivity contribution in [2.24, 2.45) is 11.8 Å². The van der Waals surface area contributed by atoms with Crippen molar-refractivity contribution in [1.82, 2.24) is 19.8 Å². The molecule has 0 unspecified atom stereocenters. The van der Waals surface area contributed by atoms with E-state index < -0.39 is 0 Å². The average Bonchev–Trinajstić information content (AvgIpc) is 3.42. The van der Waals surface area contributed by atoms with E-state index in [-0.39, 0.29) is 17.7 Å². The topological polar surface area (TPSA) is 79.9 Å². The van der Waals surface area contributed by atoms with Gasteiger partial charge in [-0.2, -0.15) is 10.4 Å². The monoisotopic (exact) mass is 497 g/mol. The minimum atomic E-state index is 0.0925. The lowest BCUT2D eigenvalue weighted by Crippen LogP contribution is -2.50. The number of benzene rings is 1. The lowest BCUT2D eigenvalue weighted by atomic mass is 9.82. The molecule has 2 saturated heterocycles. The van der Waals surface area contributed by atoms with Crippen molar-refractivity contribution in [3.8, 4) is 17.2 Å². The van der Waals surface area contributed by atoms with Gasteiger partial charge in [-0.15, -0.1) is 0 Å². The molecule has 4 heterocycles. The van der Waals surface area contributed by atoms with Crippen LogP contribution in [0.3, 0.4) is 0 Å². The normalized spacial score (nSPS) is 22.7. The minimum absolute atomic E-state index is 0.0925. The number of fused-ring (bicyclic) bond motifs is 1. The van der Waals surface area contributed by atoms with Crippen molar-refractivity contribution >= 4 is 22.8 Å². The molecule has 6 rings (SSSR count). The van der Waals surface area contributed by atoms with Crippen LogP contribution >= 0.6 is 0 Å². The molecule has 3 aromatic rings. The zero-order valence-electron chi connectivity index (χ0n) is 21.4. The van der Waals surface area contributed by atoms with Gasteiger partial charge in [0.05, 0.1) is 17.3 Å². The van der Waals surface area contributed by atoms with Crippen LogP contribution in [-0.4, -0.2) is 72.8 Å². The van der Waals surface area contributed by atoms with Crippen molar-refractivity contribution < 1.29 is 4.79 Å². The molecule has 8 nitrogen and oxygen atoms in total. The van der Waals surface area contributed by atoms with Crippen molar-refractivity contribution in [2.45, 2.75) is 25.7 Å².